The van der Waals surface area contributed by atoms with Crippen molar-refractivity contribution in [2.45, 2.75) is 31.7 Å². The van der Waals surface area contributed by atoms with Crippen LogP contribution in [0.1, 0.15) is 57.1 Å². The Labute approximate surface area is 168 Å². The molecule has 1 aliphatic carbocycles. The van der Waals surface area contributed by atoms with Gasteiger partial charge in [0, 0.05) is 44.0 Å². The van der Waals surface area contributed by atoms with Gasteiger partial charge in [-0.1, -0.05) is 12.8 Å². The van der Waals surface area contributed by atoms with Crippen LogP contribution in [-0.4, -0.2) is 64.7 Å². The zero-order valence-electron chi connectivity index (χ0n) is 16.2. The highest BCUT2D eigenvalue weighted by Gasteiger charge is 2.27. The van der Waals surface area contributed by atoms with E-state index in [0.29, 0.717) is 37.5 Å². The SMILES string of the molecule is O=C(NC1CCCC1)c1ccnc(C(=O)N2CCN(C(=O)c3ccco3)CC2)c1. The van der Waals surface area contributed by atoms with Crippen molar-refractivity contribution in [1.29, 1.82) is 0 Å². The predicted octanol–water partition coefficient (Wildman–Crippen LogP) is 1.95. The fourth-order valence-electron chi connectivity index (χ4n) is 3.86. The van der Waals surface area contributed by atoms with Gasteiger partial charge in [0.1, 0.15) is 5.69 Å². The normalized spacial score (nSPS) is 17.4. The van der Waals surface area contributed by atoms with Gasteiger partial charge in [-0.3, -0.25) is 19.4 Å². The molecule has 0 unspecified atom stereocenters. The molecule has 2 aromatic rings. The molecule has 0 aromatic carbocycles. The van der Waals surface area contributed by atoms with Gasteiger partial charge in [-0.05, 0) is 37.1 Å². The number of aromatic nitrogens is 1. The Bertz CT molecular complexity index is 882. The van der Waals surface area contributed by atoms with Crippen molar-refractivity contribution in [1.82, 2.24) is 20.1 Å². The van der Waals surface area contributed by atoms with E-state index in [9.17, 15) is 14.4 Å². The molecule has 0 radical (unpaired) electrons. The molecule has 3 amide bonds. The van der Waals surface area contributed by atoms with E-state index in [0.717, 1.165) is 25.7 Å². The number of piperazine rings is 1. The number of hydrogen-bond acceptors (Lipinski definition) is 5. The molecule has 8 nitrogen and oxygen atoms in total. The average Bonchev–Trinajstić information content (AvgIpc) is 3.47. The number of amides is 3. The lowest BCUT2D eigenvalue weighted by Crippen LogP contribution is -2.50. The Balaban J connectivity index is 1.36. The highest BCUT2D eigenvalue weighted by Crippen LogP contribution is 2.18. The largest absolute Gasteiger partial charge is 0.459 e. The molecule has 4 rings (SSSR count). The first-order chi connectivity index (χ1) is 14.1. The summed E-state index contributed by atoms with van der Waals surface area (Å²) in [6, 6.07) is 6.70. The Morgan fingerprint density at radius 2 is 1.69 bits per heavy atom. The Hall–Kier alpha value is -3.16. The minimum absolute atomic E-state index is 0.165. The monoisotopic (exact) mass is 396 g/mol. The summed E-state index contributed by atoms with van der Waals surface area (Å²) in [6.07, 6.45) is 7.24. The first-order valence-corrected chi connectivity index (χ1v) is 10.0. The second-order valence-corrected chi connectivity index (χ2v) is 7.45. The number of carbonyl (C=O) groups excluding carboxylic acids is 3. The van der Waals surface area contributed by atoms with Gasteiger partial charge in [0.2, 0.25) is 0 Å². The lowest BCUT2D eigenvalue weighted by molar-refractivity contribution is 0.0515. The standard InChI is InChI=1S/C21H24N4O4/c26-19(23-16-4-1-2-5-16)15-7-8-22-17(14-15)20(27)24-9-11-25(12-10-24)21(28)18-6-3-13-29-18/h3,6-8,13-14,16H,1-2,4-5,9-12H2,(H,23,26). The molecule has 0 atom stereocenters. The molecule has 2 fully saturated rings. The average molecular weight is 396 g/mol. The zero-order chi connectivity index (χ0) is 20.2. The van der Waals surface area contributed by atoms with Gasteiger partial charge in [-0.2, -0.15) is 0 Å². The number of carbonyl (C=O) groups is 3. The molecule has 29 heavy (non-hydrogen) atoms. The van der Waals surface area contributed by atoms with Gasteiger partial charge in [0.15, 0.2) is 5.76 Å². The van der Waals surface area contributed by atoms with Crippen LogP contribution in [-0.2, 0) is 0 Å². The van der Waals surface area contributed by atoms with E-state index in [4.69, 9.17) is 4.42 Å². The number of rotatable bonds is 4. The topological polar surface area (TPSA) is 95.8 Å². The summed E-state index contributed by atoms with van der Waals surface area (Å²) >= 11 is 0. The van der Waals surface area contributed by atoms with Crippen molar-refractivity contribution >= 4 is 17.7 Å². The maximum Gasteiger partial charge on any atom is 0.289 e. The fourth-order valence-corrected chi connectivity index (χ4v) is 3.86. The van der Waals surface area contributed by atoms with Crippen molar-refractivity contribution in [2.75, 3.05) is 26.2 Å². The van der Waals surface area contributed by atoms with Gasteiger partial charge in [0.05, 0.1) is 6.26 Å². The second-order valence-electron chi connectivity index (χ2n) is 7.45. The van der Waals surface area contributed by atoms with Gasteiger partial charge in [-0.15, -0.1) is 0 Å². The van der Waals surface area contributed by atoms with Gasteiger partial charge >= 0.3 is 0 Å². The van der Waals surface area contributed by atoms with E-state index in [2.05, 4.69) is 10.3 Å². The third kappa shape index (κ3) is 4.31. The molecule has 1 aliphatic heterocycles. The van der Waals surface area contributed by atoms with E-state index < -0.39 is 0 Å². The van der Waals surface area contributed by atoms with Crippen LogP contribution in [0.25, 0.3) is 0 Å². The van der Waals surface area contributed by atoms with Crippen LogP contribution in [0.3, 0.4) is 0 Å². The van der Waals surface area contributed by atoms with Crippen LogP contribution >= 0.6 is 0 Å². The lowest BCUT2D eigenvalue weighted by atomic mass is 10.1. The number of pyridine rings is 1. The highest BCUT2D eigenvalue weighted by atomic mass is 16.3. The van der Waals surface area contributed by atoms with Crippen molar-refractivity contribution < 1.29 is 18.8 Å². The Morgan fingerprint density at radius 1 is 1.00 bits per heavy atom. The number of nitrogens with one attached hydrogen (secondary N) is 1. The van der Waals surface area contributed by atoms with E-state index >= 15 is 0 Å². The molecule has 2 aliphatic rings. The fraction of sp³-hybridized carbons (Fsp3) is 0.429. The maximum absolute atomic E-state index is 12.8. The smallest absolute Gasteiger partial charge is 0.289 e. The molecule has 152 valence electrons. The molecule has 1 N–H and O–H groups in total. The maximum atomic E-state index is 12.8. The van der Waals surface area contributed by atoms with Crippen LogP contribution in [0.2, 0.25) is 0 Å². The summed E-state index contributed by atoms with van der Waals surface area (Å²) in [6.45, 7) is 1.66. The molecule has 0 spiro atoms. The number of nitrogens with zero attached hydrogens (tertiary/aromatic N) is 3. The number of furan rings is 1. The Morgan fingerprint density at radius 3 is 2.34 bits per heavy atom. The van der Waals surface area contributed by atoms with Crippen molar-refractivity contribution in [2.24, 2.45) is 0 Å². The first kappa shape index (κ1) is 19.2. The number of hydrogen-bond donors (Lipinski definition) is 1. The molecule has 2 aromatic heterocycles. The van der Waals surface area contributed by atoms with Gasteiger partial charge in [-0.25, -0.2) is 0 Å². The summed E-state index contributed by atoms with van der Waals surface area (Å²) in [7, 11) is 0. The van der Waals surface area contributed by atoms with Crippen molar-refractivity contribution in [3.05, 3.63) is 53.7 Å². The van der Waals surface area contributed by atoms with E-state index in [1.807, 2.05) is 0 Å². The summed E-state index contributed by atoms with van der Waals surface area (Å²) in [5.41, 5.74) is 0.691. The first-order valence-electron chi connectivity index (χ1n) is 10.0. The van der Waals surface area contributed by atoms with Crippen LogP contribution in [0, 0.1) is 0 Å². The lowest BCUT2D eigenvalue weighted by Gasteiger charge is -2.34. The van der Waals surface area contributed by atoms with Crippen LogP contribution in [0.15, 0.2) is 41.1 Å². The van der Waals surface area contributed by atoms with Gasteiger partial charge < -0.3 is 19.5 Å². The van der Waals surface area contributed by atoms with Crippen molar-refractivity contribution in [3.63, 3.8) is 0 Å². The minimum Gasteiger partial charge on any atom is -0.459 e. The summed E-state index contributed by atoms with van der Waals surface area (Å²) in [5, 5.41) is 3.03. The molecule has 0 bridgehead atoms. The minimum atomic E-state index is -0.231. The summed E-state index contributed by atoms with van der Waals surface area (Å²) < 4.78 is 5.16. The molecule has 1 saturated heterocycles. The molecular formula is C21H24N4O4. The predicted molar refractivity (Wildman–Crippen MR) is 104 cm³/mol. The highest BCUT2D eigenvalue weighted by molar-refractivity contribution is 5.98. The third-order valence-electron chi connectivity index (χ3n) is 5.52. The molecule has 8 heteroatoms. The van der Waals surface area contributed by atoms with Crippen LogP contribution in [0.4, 0.5) is 0 Å². The van der Waals surface area contributed by atoms with Crippen LogP contribution < -0.4 is 5.32 Å². The second kappa shape index (κ2) is 8.46. The summed E-state index contributed by atoms with van der Waals surface area (Å²) in [4.78, 5) is 45.1. The van der Waals surface area contributed by atoms with E-state index in [1.165, 1.54) is 12.5 Å². The quantitative estimate of drug-likeness (QED) is 0.852. The molecule has 3 heterocycles. The van der Waals surface area contributed by atoms with E-state index in [-0.39, 0.29) is 29.5 Å². The third-order valence-corrected chi connectivity index (χ3v) is 5.52. The molecule has 1 saturated carbocycles. The molecular weight excluding hydrogens is 372 g/mol. The Kier molecular flexibility index (Phi) is 5.59. The van der Waals surface area contributed by atoms with Crippen molar-refractivity contribution in [3.8, 4) is 0 Å². The van der Waals surface area contributed by atoms with Crippen LogP contribution in [0.5, 0.6) is 0 Å². The summed E-state index contributed by atoms with van der Waals surface area (Å²) in [5.74, 6) is -0.272. The zero-order valence-corrected chi connectivity index (χ0v) is 16.2. The van der Waals surface area contributed by atoms with Gasteiger partial charge in [0.25, 0.3) is 17.7 Å². The van der Waals surface area contributed by atoms with E-state index in [1.54, 1.807) is 34.1 Å².